The van der Waals surface area contributed by atoms with E-state index in [1.165, 1.54) is 55.0 Å². The van der Waals surface area contributed by atoms with Gasteiger partial charge in [-0.1, -0.05) is 64.6 Å². The fourth-order valence-electron chi connectivity index (χ4n) is 9.30. The number of rotatable bonds is 12. The predicted octanol–water partition coefficient (Wildman–Crippen LogP) is 5.48. The number of aliphatic carboxylic acids is 1. The first-order chi connectivity index (χ1) is 37.3. The summed E-state index contributed by atoms with van der Waals surface area (Å²) in [6.45, 7) is 8.20. The molecule has 0 unspecified atom stereocenters. The number of hydrogen-bond donors (Lipinski definition) is 8. The number of nitrogens with one attached hydrogen (secondary N) is 3. The Bertz CT molecular complexity index is 3740. The molecule has 0 saturated carbocycles. The monoisotopic (exact) mass is 1240 g/mol. The van der Waals surface area contributed by atoms with Gasteiger partial charge in [-0.3, -0.25) is 4.79 Å². The van der Waals surface area contributed by atoms with Crippen molar-refractivity contribution in [2.45, 2.75) is 83.7 Å². The van der Waals surface area contributed by atoms with Crippen LogP contribution in [0.1, 0.15) is 52.4 Å². The van der Waals surface area contributed by atoms with Gasteiger partial charge in [0.05, 0.1) is 29.8 Å². The third-order valence-electron chi connectivity index (χ3n) is 14.3. The third kappa shape index (κ3) is 14.8. The summed E-state index contributed by atoms with van der Waals surface area (Å²) in [6, 6.07) is 13.6. The Hall–Kier alpha value is -5.33. The molecule has 432 valence electrons. The van der Waals surface area contributed by atoms with Crippen molar-refractivity contribution >= 4 is 138 Å². The molecular formula is C50H63Cl4N15O8S3. The number of nitrogens with two attached hydrogens (primary N) is 4. The predicted molar refractivity (Wildman–Crippen MR) is 315 cm³/mol. The SMILES string of the molecule is CN1CCC(C)(NS(=O)(=O)c2ccc3c(Cl)cnc(Cl)c3c2)CC1.CN1CCC(C)(NS(=O)(=O)c2ccc3c(Cl)cnc(N=C(N)N)c3c2)CC1.CN1CCC(NS(=O)(=O)c2ccc3c(Cl)cnc(N=C(N)N)c3c2)(C(=O)O)CC1. The van der Waals surface area contributed by atoms with Gasteiger partial charge in [0.15, 0.2) is 23.6 Å². The highest BCUT2D eigenvalue weighted by Gasteiger charge is 2.44. The number of carboxylic acid groups (broad SMARTS) is 1. The molecule has 80 heavy (non-hydrogen) atoms. The fraction of sp³-hybridized carbons (Fsp3) is 0.400. The van der Waals surface area contributed by atoms with Gasteiger partial charge in [0.1, 0.15) is 10.7 Å². The minimum Gasteiger partial charge on any atom is -0.480 e. The number of piperidine rings is 3. The zero-order chi connectivity index (χ0) is 58.8. The minimum atomic E-state index is -4.16. The second-order valence-electron chi connectivity index (χ2n) is 20.7. The van der Waals surface area contributed by atoms with Crippen LogP contribution < -0.4 is 37.1 Å². The molecule has 3 fully saturated rings. The van der Waals surface area contributed by atoms with E-state index in [1.807, 2.05) is 39.9 Å². The van der Waals surface area contributed by atoms with E-state index in [0.717, 1.165) is 51.9 Å². The third-order valence-corrected chi connectivity index (χ3v) is 20.3. The lowest BCUT2D eigenvalue weighted by Crippen LogP contribution is -2.59. The Balaban J connectivity index is 0.000000174. The normalized spacial score (nSPS) is 17.9. The number of likely N-dealkylation sites (tertiary alicyclic amines) is 3. The Kier molecular flexibility index (Phi) is 19.2. The highest BCUT2D eigenvalue weighted by Crippen LogP contribution is 2.36. The van der Waals surface area contributed by atoms with Crippen LogP contribution in [0.4, 0.5) is 11.6 Å². The van der Waals surface area contributed by atoms with Gasteiger partial charge in [-0.2, -0.15) is 14.7 Å². The quantitative estimate of drug-likeness (QED) is 0.0427. The molecule has 23 nitrogen and oxygen atoms in total. The standard InChI is InChI=1S/C17H21ClN6O4S.C17H23ClN6O2S.C16H19Cl2N3O2S/c1-24-6-4-17(5-7-24,15(25)26)23-29(27,28)10-2-3-11-12(8-10)14(22-16(19)20)21-9-13(11)18;1-17(5-7-24(2)8-6-17)23-27(25,26)11-3-4-12-13(9-11)15(22-16(19)20)21-10-14(12)18;1-16(5-7-21(2)8-6-16)20-24(22,23)11-3-4-12-13(9-11)15(18)19-10-14(12)17/h2-3,8-9,23H,4-7H2,1H3,(H,25,26)(H4,19,20,21,22);3-4,9-10,23H,5-8H2,1-2H3,(H4,19,20,21,22);3-4,9-10,20H,5-8H2,1-2H3. The Morgan fingerprint density at radius 1 is 0.512 bits per heavy atom. The summed E-state index contributed by atoms with van der Waals surface area (Å²) in [4.78, 5) is 38.4. The first-order valence-corrected chi connectivity index (χ1v) is 30.8. The Labute approximate surface area is 484 Å². The molecule has 6 aromatic rings. The van der Waals surface area contributed by atoms with Crippen molar-refractivity contribution in [2.24, 2.45) is 32.9 Å². The zero-order valence-electron chi connectivity index (χ0n) is 44.3. The van der Waals surface area contributed by atoms with Crippen molar-refractivity contribution in [3.05, 3.63) is 93.4 Å². The van der Waals surface area contributed by atoms with Crippen molar-refractivity contribution in [3.63, 3.8) is 0 Å². The topological polar surface area (TPSA) is 353 Å². The summed E-state index contributed by atoms with van der Waals surface area (Å²) < 4.78 is 85.7. The highest BCUT2D eigenvalue weighted by atomic mass is 35.5. The maximum atomic E-state index is 13.0. The van der Waals surface area contributed by atoms with Crippen LogP contribution in [0.25, 0.3) is 32.3 Å². The van der Waals surface area contributed by atoms with Crippen LogP contribution >= 0.6 is 46.4 Å². The smallest absolute Gasteiger partial charge is 0.324 e. The summed E-state index contributed by atoms with van der Waals surface area (Å²) >= 11 is 24.5. The van der Waals surface area contributed by atoms with Gasteiger partial charge >= 0.3 is 5.97 Å². The van der Waals surface area contributed by atoms with Gasteiger partial charge in [0.25, 0.3) is 0 Å². The van der Waals surface area contributed by atoms with E-state index < -0.39 is 52.7 Å². The van der Waals surface area contributed by atoms with E-state index in [-0.39, 0.29) is 56.2 Å². The number of fused-ring (bicyclic) bond motifs is 3. The summed E-state index contributed by atoms with van der Waals surface area (Å²) in [5.74, 6) is -1.30. The number of sulfonamides is 3. The Morgan fingerprint density at radius 2 is 0.825 bits per heavy atom. The second kappa shape index (κ2) is 24.6. The minimum absolute atomic E-state index is 0.105. The molecule has 0 radical (unpaired) electrons. The van der Waals surface area contributed by atoms with Crippen molar-refractivity contribution in [3.8, 4) is 0 Å². The van der Waals surface area contributed by atoms with Gasteiger partial charge < -0.3 is 42.7 Å². The summed E-state index contributed by atoms with van der Waals surface area (Å²) in [7, 11) is -5.63. The number of aromatic nitrogens is 3. The van der Waals surface area contributed by atoms with Crippen molar-refractivity contribution in [1.82, 2.24) is 43.8 Å². The molecule has 12 N–H and O–H groups in total. The van der Waals surface area contributed by atoms with Crippen molar-refractivity contribution < 1.29 is 35.2 Å². The fourth-order valence-corrected chi connectivity index (χ4v) is 14.6. The van der Waals surface area contributed by atoms with E-state index >= 15 is 0 Å². The molecule has 3 aromatic heterocycles. The highest BCUT2D eigenvalue weighted by molar-refractivity contribution is 7.90. The number of nitrogens with zero attached hydrogens (tertiary/aromatic N) is 8. The average Bonchev–Trinajstić information content (AvgIpc) is 3.39. The lowest BCUT2D eigenvalue weighted by atomic mass is 9.89. The number of benzene rings is 3. The largest absolute Gasteiger partial charge is 0.480 e. The number of carboxylic acids is 1. The maximum Gasteiger partial charge on any atom is 0.324 e. The van der Waals surface area contributed by atoms with Crippen LogP contribution in [-0.4, -0.2) is 155 Å². The first-order valence-electron chi connectivity index (χ1n) is 24.8. The van der Waals surface area contributed by atoms with Crippen molar-refractivity contribution in [2.75, 3.05) is 60.4 Å². The maximum absolute atomic E-state index is 13.0. The number of aliphatic imine (C=N–C) groups is 2. The number of hydrogen-bond acceptors (Lipinski definition) is 15. The van der Waals surface area contributed by atoms with Crippen LogP contribution in [0, 0.1) is 0 Å². The summed E-state index contributed by atoms with van der Waals surface area (Å²) in [5.41, 5.74) is 19.2. The molecule has 0 aliphatic carbocycles. The van der Waals surface area contributed by atoms with Gasteiger partial charge in [-0.05, 0) is 136 Å². The number of guanidine groups is 2. The van der Waals surface area contributed by atoms with E-state index in [1.54, 1.807) is 18.2 Å². The van der Waals surface area contributed by atoms with Crippen LogP contribution in [0.3, 0.4) is 0 Å². The molecule has 0 amide bonds. The second-order valence-corrected chi connectivity index (χ2v) is 27.3. The van der Waals surface area contributed by atoms with E-state index in [9.17, 15) is 35.2 Å². The molecule has 0 spiro atoms. The Morgan fingerprint density at radius 3 is 1.18 bits per heavy atom. The number of halogens is 4. The summed E-state index contributed by atoms with van der Waals surface area (Å²) in [5, 5.41) is 14.2. The molecule has 0 atom stereocenters. The van der Waals surface area contributed by atoms with Crippen LogP contribution in [-0.2, 0) is 34.9 Å². The number of pyridine rings is 3. The first kappa shape index (κ1) is 62.3. The summed E-state index contributed by atoms with van der Waals surface area (Å²) in [6.07, 6.45) is 7.56. The lowest BCUT2D eigenvalue weighted by molar-refractivity contribution is -0.146. The van der Waals surface area contributed by atoms with Crippen LogP contribution in [0.5, 0.6) is 0 Å². The molecule has 3 aliphatic heterocycles. The average molecular weight is 1240 g/mol. The van der Waals surface area contributed by atoms with E-state index in [4.69, 9.17) is 69.3 Å². The molecular weight excluding hydrogens is 1180 g/mol. The lowest BCUT2D eigenvalue weighted by Gasteiger charge is -2.38. The van der Waals surface area contributed by atoms with E-state index in [0.29, 0.717) is 60.5 Å². The van der Waals surface area contributed by atoms with Gasteiger partial charge in [0.2, 0.25) is 30.1 Å². The number of carbonyl (C=O) groups is 1. The van der Waals surface area contributed by atoms with Crippen molar-refractivity contribution in [1.29, 1.82) is 0 Å². The van der Waals surface area contributed by atoms with Crippen LogP contribution in [0.2, 0.25) is 20.2 Å². The van der Waals surface area contributed by atoms with Crippen LogP contribution in [0.15, 0.2) is 97.9 Å². The molecule has 9 rings (SSSR count). The molecule has 3 saturated heterocycles. The van der Waals surface area contributed by atoms with Gasteiger partial charge in [0, 0.05) is 75.1 Å². The van der Waals surface area contributed by atoms with Gasteiger partial charge in [-0.15, -0.1) is 0 Å². The molecule has 6 heterocycles. The molecule has 3 aromatic carbocycles. The molecule has 3 aliphatic rings. The molecule has 0 bridgehead atoms. The van der Waals surface area contributed by atoms with E-state index in [2.05, 4.69) is 48.9 Å². The van der Waals surface area contributed by atoms with Gasteiger partial charge in [-0.25, -0.2) is 49.6 Å². The molecule has 30 heteroatoms. The zero-order valence-corrected chi connectivity index (χ0v) is 49.8.